The minimum atomic E-state index is 0.402. The molecule has 2 rings (SSSR count). The summed E-state index contributed by atoms with van der Waals surface area (Å²) in [5, 5.41) is 8.74. The van der Waals surface area contributed by atoms with Gasteiger partial charge in [-0.3, -0.25) is 0 Å². The first-order valence-electron chi connectivity index (χ1n) is 5.94. The third-order valence-electron chi connectivity index (χ3n) is 3.20. The Bertz CT molecular complexity index is 448. The Hall–Kier alpha value is -1.82. The molecule has 17 heavy (non-hydrogen) atoms. The lowest BCUT2D eigenvalue weighted by Crippen LogP contribution is -2.21. The van der Waals surface area contributed by atoms with Crippen molar-refractivity contribution in [1.82, 2.24) is 4.98 Å². The molecule has 0 N–H and O–H groups in total. The number of nitrogens with zero attached hydrogens (tertiary/aromatic N) is 2. The lowest BCUT2D eigenvalue weighted by Gasteiger charge is -2.24. The quantitative estimate of drug-likeness (QED) is 0.747. The Morgan fingerprint density at radius 1 is 1.41 bits per heavy atom. The van der Waals surface area contributed by atoms with E-state index in [0.29, 0.717) is 30.0 Å². The fourth-order valence-electron chi connectivity index (χ4n) is 1.99. The summed E-state index contributed by atoms with van der Waals surface area (Å²) in [5.74, 6) is 1.75. The van der Waals surface area contributed by atoms with Crippen LogP contribution in [0.25, 0.3) is 0 Å². The minimum absolute atomic E-state index is 0.402. The molecule has 2 unspecified atom stereocenters. The van der Waals surface area contributed by atoms with Crippen LogP contribution in [0.4, 0.5) is 0 Å². The molecule has 1 aromatic heterocycles. The van der Waals surface area contributed by atoms with Crippen molar-refractivity contribution in [2.45, 2.75) is 19.8 Å². The van der Waals surface area contributed by atoms with Gasteiger partial charge in [-0.05, 0) is 30.7 Å². The van der Waals surface area contributed by atoms with Crippen molar-refractivity contribution in [2.24, 2.45) is 11.8 Å². The zero-order chi connectivity index (χ0) is 12.1. The number of ether oxygens (including phenoxy) is 1. The Morgan fingerprint density at radius 3 is 3.00 bits per heavy atom. The highest BCUT2D eigenvalue weighted by atomic mass is 16.5. The molecule has 0 fully saturated rings. The van der Waals surface area contributed by atoms with E-state index in [0.717, 1.165) is 12.8 Å². The summed E-state index contributed by atoms with van der Waals surface area (Å²) in [5.41, 5.74) is 0.402. The molecule has 2 atom stereocenters. The van der Waals surface area contributed by atoms with Crippen molar-refractivity contribution < 1.29 is 4.74 Å². The summed E-state index contributed by atoms with van der Waals surface area (Å²) in [7, 11) is 0. The molecule has 0 amide bonds. The second-order valence-corrected chi connectivity index (χ2v) is 4.46. The van der Waals surface area contributed by atoms with Crippen molar-refractivity contribution in [1.29, 1.82) is 5.26 Å². The van der Waals surface area contributed by atoms with Crippen LogP contribution in [-0.4, -0.2) is 11.6 Å². The van der Waals surface area contributed by atoms with Gasteiger partial charge in [0.15, 0.2) is 0 Å². The summed E-state index contributed by atoms with van der Waals surface area (Å²) in [4.78, 5) is 4.10. The van der Waals surface area contributed by atoms with Crippen LogP contribution in [0.15, 0.2) is 30.4 Å². The number of nitriles is 1. The third kappa shape index (κ3) is 3.07. The predicted octanol–water partition coefficient (Wildman–Crippen LogP) is 2.93. The second-order valence-electron chi connectivity index (χ2n) is 4.46. The van der Waals surface area contributed by atoms with E-state index in [9.17, 15) is 0 Å². The van der Waals surface area contributed by atoms with Crippen LogP contribution in [-0.2, 0) is 0 Å². The van der Waals surface area contributed by atoms with Gasteiger partial charge in [0.25, 0.3) is 0 Å². The van der Waals surface area contributed by atoms with Crippen molar-refractivity contribution in [3.05, 3.63) is 36.0 Å². The van der Waals surface area contributed by atoms with E-state index in [2.05, 4.69) is 24.1 Å². The van der Waals surface area contributed by atoms with Gasteiger partial charge in [-0.1, -0.05) is 25.1 Å². The predicted molar refractivity (Wildman–Crippen MR) is 65.5 cm³/mol. The summed E-state index contributed by atoms with van der Waals surface area (Å²) >= 11 is 0. The molecule has 0 radical (unpaired) electrons. The van der Waals surface area contributed by atoms with Gasteiger partial charge in [-0.2, -0.15) is 5.26 Å². The van der Waals surface area contributed by atoms with Crippen LogP contribution >= 0.6 is 0 Å². The highest BCUT2D eigenvalue weighted by Gasteiger charge is 2.18. The molecule has 0 saturated heterocycles. The molecule has 0 saturated carbocycles. The van der Waals surface area contributed by atoms with Gasteiger partial charge in [0, 0.05) is 6.07 Å². The average molecular weight is 228 g/mol. The Balaban J connectivity index is 1.93. The number of hydrogen-bond donors (Lipinski definition) is 0. The summed E-state index contributed by atoms with van der Waals surface area (Å²) < 4.78 is 5.66. The number of aromatic nitrogens is 1. The largest absolute Gasteiger partial charge is 0.477 e. The third-order valence-corrected chi connectivity index (χ3v) is 3.20. The Kier molecular flexibility index (Phi) is 3.77. The first-order valence-corrected chi connectivity index (χ1v) is 5.94. The van der Waals surface area contributed by atoms with Crippen LogP contribution < -0.4 is 4.74 Å². The molecule has 0 aliphatic heterocycles. The fourth-order valence-corrected chi connectivity index (χ4v) is 1.99. The average Bonchev–Trinajstić information content (AvgIpc) is 2.38. The van der Waals surface area contributed by atoms with E-state index in [1.165, 1.54) is 0 Å². The van der Waals surface area contributed by atoms with Crippen LogP contribution in [0.2, 0.25) is 0 Å². The summed E-state index contributed by atoms with van der Waals surface area (Å²) in [6, 6.07) is 7.28. The molecular formula is C14H16N2O. The molecule has 3 nitrogen and oxygen atoms in total. The van der Waals surface area contributed by atoms with Gasteiger partial charge in [-0.25, -0.2) is 4.98 Å². The molecule has 88 valence electrons. The Morgan fingerprint density at radius 2 is 2.24 bits per heavy atom. The number of rotatable bonds is 3. The van der Waals surface area contributed by atoms with Gasteiger partial charge < -0.3 is 4.74 Å². The van der Waals surface area contributed by atoms with Gasteiger partial charge >= 0.3 is 0 Å². The van der Waals surface area contributed by atoms with Gasteiger partial charge in [0.05, 0.1) is 6.61 Å². The monoisotopic (exact) mass is 228 g/mol. The van der Waals surface area contributed by atoms with E-state index < -0.39 is 0 Å². The molecule has 0 spiro atoms. The van der Waals surface area contributed by atoms with Crippen LogP contribution in [0.1, 0.15) is 25.5 Å². The molecule has 1 heterocycles. The molecular weight excluding hydrogens is 212 g/mol. The van der Waals surface area contributed by atoms with Crippen molar-refractivity contribution in [3.8, 4) is 11.9 Å². The standard InChI is InChI=1S/C14H16N2O/c1-11-5-2-3-6-12(11)10-17-14-8-4-7-13(9-15)16-14/h2-4,7-8,11-12H,5-6,10H2,1H3. The molecule has 1 aromatic rings. The first kappa shape index (κ1) is 11.7. The Labute approximate surface area is 102 Å². The van der Waals surface area contributed by atoms with Crippen LogP contribution in [0, 0.1) is 23.2 Å². The lowest BCUT2D eigenvalue weighted by molar-refractivity contribution is 0.192. The highest BCUT2D eigenvalue weighted by molar-refractivity contribution is 5.24. The van der Waals surface area contributed by atoms with E-state index in [1.54, 1.807) is 18.2 Å². The van der Waals surface area contributed by atoms with Crippen molar-refractivity contribution in [3.63, 3.8) is 0 Å². The van der Waals surface area contributed by atoms with Gasteiger partial charge in [-0.15, -0.1) is 0 Å². The van der Waals surface area contributed by atoms with E-state index >= 15 is 0 Å². The molecule has 0 aromatic carbocycles. The maximum atomic E-state index is 8.74. The molecule has 0 bridgehead atoms. The number of hydrogen-bond acceptors (Lipinski definition) is 3. The molecule has 1 aliphatic carbocycles. The second kappa shape index (κ2) is 5.49. The van der Waals surface area contributed by atoms with Crippen LogP contribution in [0.5, 0.6) is 5.88 Å². The van der Waals surface area contributed by atoms with Gasteiger partial charge in [0.2, 0.25) is 5.88 Å². The summed E-state index contributed by atoms with van der Waals surface area (Å²) in [6.07, 6.45) is 6.64. The van der Waals surface area contributed by atoms with Crippen molar-refractivity contribution >= 4 is 0 Å². The molecule has 1 aliphatic rings. The van der Waals surface area contributed by atoms with Gasteiger partial charge in [0.1, 0.15) is 11.8 Å². The fraction of sp³-hybridized carbons (Fsp3) is 0.429. The maximum Gasteiger partial charge on any atom is 0.214 e. The highest BCUT2D eigenvalue weighted by Crippen LogP contribution is 2.25. The van der Waals surface area contributed by atoms with Crippen molar-refractivity contribution in [2.75, 3.05) is 6.61 Å². The zero-order valence-corrected chi connectivity index (χ0v) is 9.97. The lowest BCUT2D eigenvalue weighted by atomic mass is 9.85. The summed E-state index contributed by atoms with van der Waals surface area (Å²) in [6.45, 7) is 2.92. The van der Waals surface area contributed by atoms with Crippen LogP contribution in [0.3, 0.4) is 0 Å². The minimum Gasteiger partial charge on any atom is -0.477 e. The number of pyridine rings is 1. The topological polar surface area (TPSA) is 45.9 Å². The normalized spacial score (nSPS) is 23.1. The van der Waals surface area contributed by atoms with E-state index in [4.69, 9.17) is 10.00 Å². The van der Waals surface area contributed by atoms with E-state index in [1.807, 2.05) is 6.07 Å². The smallest absolute Gasteiger partial charge is 0.214 e. The SMILES string of the molecule is CC1CC=CCC1COc1cccc(C#N)n1. The zero-order valence-electron chi connectivity index (χ0n) is 9.97. The van der Waals surface area contributed by atoms with E-state index in [-0.39, 0.29) is 0 Å². The number of allylic oxidation sites excluding steroid dienone is 2. The maximum absolute atomic E-state index is 8.74. The first-order chi connectivity index (χ1) is 8.29. The molecule has 3 heteroatoms.